The van der Waals surface area contributed by atoms with Gasteiger partial charge in [0.15, 0.2) is 17.3 Å². The van der Waals surface area contributed by atoms with Crippen molar-refractivity contribution < 1.29 is 19.7 Å². The zero-order valence-electron chi connectivity index (χ0n) is 11.0. The third-order valence-electron chi connectivity index (χ3n) is 3.33. The molecule has 0 saturated heterocycles. The molecule has 0 aliphatic heterocycles. The molecule has 2 N–H and O–H groups in total. The van der Waals surface area contributed by atoms with E-state index < -0.39 is 0 Å². The molecular weight excluding hydrogens is 244 g/mol. The Kier molecular flexibility index (Phi) is 4.10. The number of allylic oxidation sites excluding steroid dienone is 2. The second-order valence-electron chi connectivity index (χ2n) is 4.79. The maximum atomic E-state index is 11.3. The minimum Gasteiger partial charge on any atom is -0.504 e. The van der Waals surface area contributed by atoms with Gasteiger partial charge in [-0.05, 0) is 49.5 Å². The molecule has 0 aromatic heterocycles. The Morgan fingerprint density at radius 2 is 1.84 bits per heavy atom. The van der Waals surface area contributed by atoms with Crippen LogP contribution in [0.15, 0.2) is 23.8 Å². The summed E-state index contributed by atoms with van der Waals surface area (Å²) < 4.78 is 4.88. The highest BCUT2D eigenvalue weighted by Crippen LogP contribution is 2.37. The van der Waals surface area contributed by atoms with Crippen LogP contribution < -0.4 is 4.74 Å². The highest BCUT2D eigenvalue weighted by Gasteiger charge is 2.12. The topological polar surface area (TPSA) is 66.8 Å². The van der Waals surface area contributed by atoms with E-state index in [2.05, 4.69) is 0 Å². The van der Waals surface area contributed by atoms with Gasteiger partial charge in [-0.15, -0.1) is 0 Å². The summed E-state index contributed by atoms with van der Waals surface area (Å²) in [6.07, 6.45) is 5.71. The first-order valence-corrected chi connectivity index (χ1v) is 6.41. The average Bonchev–Trinajstić information content (AvgIpc) is 2.36. The number of aryl methyl sites for hydroxylation is 1. The van der Waals surface area contributed by atoms with Gasteiger partial charge in [0.1, 0.15) is 0 Å². The molecule has 4 heteroatoms. The molecule has 19 heavy (non-hydrogen) atoms. The second-order valence-corrected chi connectivity index (χ2v) is 4.79. The van der Waals surface area contributed by atoms with E-state index in [-0.39, 0.29) is 23.0 Å². The summed E-state index contributed by atoms with van der Waals surface area (Å²) in [6, 6.07) is 3.17. The van der Waals surface area contributed by atoms with Crippen molar-refractivity contribution in [2.45, 2.75) is 32.1 Å². The van der Waals surface area contributed by atoms with Crippen LogP contribution in [-0.2, 0) is 11.2 Å². The number of phenols is 2. The quantitative estimate of drug-likeness (QED) is 0.875. The number of benzene rings is 1. The molecule has 1 aliphatic rings. The van der Waals surface area contributed by atoms with E-state index in [4.69, 9.17) is 4.74 Å². The molecule has 0 atom stereocenters. The van der Waals surface area contributed by atoms with Crippen molar-refractivity contribution in [1.29, 1.82) is 0 Å². The SMILES string of the molecule is COc1c(O)cc(CCC2=CC(=O)CCC2)cc1O. The molecule has 0 bridgehead atoms. The van der Waals surface area contributed by atoms with Gasteiger partial charge in [-0.1, -0.05) is 5.57 Å². The number of hydrogen-bond acceptors (Lipinski definition) is 4. The van der Waals surface area contributed by atoms with E-state index in [0.29, 0.717) is 12.8 Å². The summed E-state index contributed by atoms with van der Waals surface area (Å²) >= 11 is 0. The number of hydrogen-bond donors (Lipinski definition) is 2. The highest BCUT2D eigenvalue weighted by atomic mass is 16.5. The fraction of sp³-hybridized carbons (Fsp3) is 0.400. The second kappa shape index (κ2) is 5.78. The van der Waals surface area contributed by atoms with Gasteiger partial charge in [-0.3, -0.25) is 4.79 Å². The molecule has 1 aromatic rings. The Balaban J connectivity index is 2.06. The molecule has 2 rings (SSSR count). The van der Waals surface area contributed by atoms with Gasteiger partial charge in [-0.2, -0.15) is 0 Å². The molecule has 1 aromatic carbocycles. The summed E-state index contributed by atoms with van der Waals surface area (Å²) in [5.74, 6) is 0.162. The maximum absolute atomic E-state index is 11.3. The Morgan fingerprint density at radius 3 is 2.42 bits per heavy atom. The first-order valence-electron chi connectivity index (χ1n) is 6.41. The van der Waals surface area contributed by atoms with Crippen molar-refractivity contribution in [1.82, 2.24) is 0 Å². The minimum atomic E-state index is -0.0637. The Bertz CT molecular complexity index is 494. The highest BCUT2D eigenvalue weighted by molar-refractivity contribution is 5.91. The summed E-state index contributed by atoms with van der Waals surface area (Å²) in [6.45, 7) is 0. The van der Waals surface area contributed by atoms with Crippen LogP contribution in [0, 0.1) is 0 Å². The number of methoxy groups -OCH3 is 1. The monoisotopic (exact) mass is 262 g/mol. The number of aromatic hydroxyl groups is 2. The predicted octanol–water partition coefficient (Wildman–Crippen LogP) is 2.72. The molecule has 0 saturated carbocycles. The Morgan fingerprint density at radius 1 is 1.16 bits per heavy atom. The summed E-state index contributed by atoms with van der Waals surface area (Å²) in [5.41, 5.74) is 1.97. The van der Waals surface area contributed by atoms with E-state index in [1.165, 1.54) is 7.11 Å². The number of ketones is 1. The van der Waals surface area contributed by atoms with Crippen LogP contribution in [0.3, 0.4) is 0 Å². The largest absolute Gasteiger partial charge is 0.504 e. The van der Waals surface area contributed by atoms with Gasteiger partial charge in [0, 0.05) is 6.42 Å². The lowest BCUT2D eigenvalue weighted by atomic mass is 9.93. The van der Waals surface area contributed by atoms with Crippen LogP contribution in [0.4, 0.5) is 0 Å². The number of carbonyl (C=O) groups is 1. The fourth-order valence-electron chi connectivity index (χ4n) is 2.37. The smallest absolute Gasteiger partial charge is 0.202 e. The lowest BCUT2D eigenvalue weighted by molar-refractivity contribution is -0.115. The van der Waals surface area contributed by atoms with Crippen molar-refractivity contribution in [3.05, 3.63) is 29.3 Å². The van der Waals surface area contributed by atoms with Crippen LogP contribution in [0.1, 0.15) is 31.2 Å². The lowest BCUT2D eigenvalue weighted by Crippen LogP contribution is -2.03. The third-order valence-corrected chi connectivity index (χ3v) is 3.33. The van der Waals surface area contributed by atoms with Crippen molar-refractivity contribution in [3.63, 3.8) is 0 Å². The van der Waals surface area contributed by atoms with Gasteiger partial charge in [0.05, 0.1) is 7.11 Å². The predicted molar refractivity (Wildman–Crippen MR) is 71.6 cm³/mol. The average molecular weight is 262 g/mol. The minimum absolute atomic E-state index is 0.0637. The van der Waals surface area contributed by atoms with Crippen molar-refractivity contribution in [3.8, 4) is 17.2 Å². The fourth-order valence-corrected chi connectivity index (χ4v) is 2.37. The van der Waals surface area contributed by atoms with Gasteiger partial charge >= 0.3 is 0 Å². The molecule has 0 fully saturated rings. The zero-order valence-corrected chi connectivity index (χ0v) is 11.0. The molecule has 4 nitrogen and oxygen atoms in total. The van der Waals surface area contributed by atoms with Crippen LogP contribution in [0.25, 0.3) is 0 Å². The van der Waals surface area contributed by atoms with Crippen LogP contribution in [0.2, 0.25) is 0 Å². The Hall–Kier alpha value is -1.97. The molecule has 0 radical (unpaired) electrons. The van der Waals surface area contributed by atoms with E-state index in [9.17, 15) is 15.0 Å². The van der Waals surface area contributed by atoms with Crippen molar-refractivity contribution >= 4 is 5.78 Å². The van der Waals surface area contributed by atoms with Crippen LogP contribution >= 0.6 is 0 Å². The zero-order chi connectivity index (χ0) is 13.8. The molecule has 102 valence electrons. The van der Waals surface area contributed by atoms with Gasteiger partial charge in [0.2, 0.25) is 5.75 Å². The molecule has 0 heterocycles. The number of rotatable bonds is 4. The van der Waals surface area contributed by atoms with Crippen LogP contribution in [0.5, 0.6) is 17.2 Å². The first-order chi connectivity index (χ1) is 9.10. The molecule has 0 unspecified atom stereocenters. The number of ether oxygens (including phenoxy) is 1. The summed E-state index contributed by atoms with van der Waals surface area (Å²) in [5, 5.41) is 19.4. The van der Waals surface area contributed by atoms with Crippen molar-refractivity contribution in [2.24, 2.45) is 0 Å². The first kappa shape index (κ1) is 13.5. The van der Waals surface area contributed by atoms with Gasteiger partial charge < -0.3 is 14.9 Å². The van der Waals surface area contributed by atoms with E-state index >= 15 is 0 Å². The van der Waals surface area contributed by atoms with Crippen LogP contribution in [-0.4, -0.2) is 23.1 Å². The molecule has 0 spiro atoms. The van der Waals surface area contributed by atoms with Gasteiger partial charge in [0.25, 0.3) is 0 Å². The summed E-state index contributed by atoms with van der Waals surface area (Å²) in [7, 11) is 1.40. The van der Waals surface area contributed by atoms with E-state index in [0.717, 1.165) is 30.4 Å². The lowest BCUT2D eigenvalue weighted by Gasteiger charge is -2.13. The van der Waals surface area contributed by atoms with E-state index in [1.54, 1.807) is 18.2 Å². The van der Waals surface area contributed by atoms with Crippen molar-refractivity contribution in [2.75, 3.05) is 7.11 Å². The molecular formula is C15H18O4. The third kappa shape index (κ3) is 3.28. The normalized spacial score (nSPS) is 15.2. The summed E-state index contributed by atoms with van der Waals surface area (Å²) in [4.78, 5) is 11.3. The van der Waals surface area contributed by atoms with E-state index in [1.807, 2.05) is 0 Å². The van der Waals surface area contributed by atoms with Gasteiger partial charge in [-0.25, -0.2) is 0 Å². The standard InChI is InChI=1S/C15H18O4/c1-19-15-13(17)8-11(9-14(15)18)6-5-10-3-2-4-12(16)7-10/h7-9,17-18H,2-6H2,1H3. The number of phenolic OH excluding ortho intramolecular Hbond substituents is 2. The maximum Gasteiger partial charge on any atom is 0.202 e. The Labute approximate surface area is 112 Å². The molecule has 0 amide bonds. The molecule has 1 aliphatic carbocycles. The number of carbonyl (C=O) groups excluding carboxylic acids is 1.